The minimum absolute atomic E-state index is 0.704. The predicted molar refractivity (Wildman–Crippen MR) is 45.9 cm³/mol. The normalized spacial score (nSPS) is 29.9. The molecular formula is C7H17NS. The van der Waals surface area contributed by atoms with Crippen LogP contribution < -0.4 is 5.14 Å². The highest BCUT2D eigenvalue weighted by Gasteiger charge is 2.36. The lowest BCUT2D eigenvalue weighted by Gasteiger charge is -2.35. The summed E-state index contributed by atoms with van der Waals surface area (Å²) in [6.45, 7) is 4.49. The van der Waals surface area contributed by atoms with Gasteiger partial charge >= 0.3 is 0 Å². The molecule has 56 valence electrons. The molecule has 2 N–H and O–H groups in total. The topological polar surface area (TPSA) is 26.0 Å². The summed E-state index contributed by atoms with van der Waals surface area (Å²) in [5.74, 6) is 0. The van der Waals surface area contributed by atoms with Gasteiger partial charge in [-0.2, -0.15) is 10.2 Å². The maximum Gasteiger partial charge on any atom is 0.000311 e. The number of hydrogen-bond donors (Lipinski definition) is 1. The molecule has 0 heterocycles. The van der Waals surface area contributed by atoms with E-state index in [4.69, 9.17) is 5.14 Å². The van der Waals surface area contributed by atoms with Crippen LogP contribution in [0.5, 0.6) is 0 Å². The molecule has 2 heteroatoms. The summed E-state index contributed by atoms with van der Waals surface area (Å²) in [5, 5.41) is 7.76. The molecule has 1 nitrogen and oxygen atoms in total. The minimum atomic E-state index is -0.704. The van der Waals surface area contributed by atoms with Crippen molar-refractivity contribution in [1.29, 1.82) is 0 Å². The van der Waals surface area contributed by atoms with Gasteiger partial charge in [-0.3, -0.25) is 5.14 Å². The maximum atomic E-state index is 6.15. The van der Waals surface area contributed by atoms with Gasteiger partial charge in [-0.05, 0) is 24.3 Å². The quantitative estimate of drug-likeness (QED) is 0.634. The first-order valence-electron chi connectivity index (χ1n) is 3.59. The summed E-state index contributed by atoms with van der Waals surface area (Å²) in [6, 6.07) is 0. The van der Waals surface area contributed by atoms with Crippen LogP contribution in [-0.2, 0) is 0 Å². The second-order valence-corrected chi connectivity index (χ2v) is 7.20. The molecule has 0 aromatic carbocycles. The molecule has 1 fully saturated rings. The Morgan fingerprint density at radius 1 is 1.44 bits per heavy atom. The van der Waals surface area contributed by atoms with Crippen LogP contribution in [0.3, 0.4) is 0 Å². The number of rotatable bonds is 2. The minimum Gasteiger partial charge on any atom is -0.294 e. The van der Waals surface area contributed by atoms with E-state index in [9.17, 15) is 0 Å². The lowest BCUT2D eigenvalue weighted by atomic mass is 10.6. The highest BCUT2D eigenvalue weighted by atomic mass is 32.3. The first-order valence-corrected chi connectivity index (χ1v) is 5.82. The van der Waals surface area contributed by atoms with Gasteiger partial charge in [0.25, 0.3) is 0 Å². The molecule has 0 aromatic rings. The first-order chi connectivity index (χ1) is 4.05. The molecule has 9 heavy (non-hydrogen) atoms. The Morgan fingerprint density at radius 3 is 2.00 bits per heavy atom. The van der Waals surface area contributed by atoms with Gasteiger partial charge in [-0.25, -0.2) is 0 Å². The average Bonchev–Trinajstić information content (AvgIpc) is 2.42. The van der Waals surface area contributed by atoms with Crippen LogP contribution in [-0.4, -0.2) is 16.8 Å². The molecule has 0 amide bonds. The van der Waals surface area contributed by atoms with Crippen molar-refractivity contribution >= 4 is 10.2 Å². The zero-order valence-electron chi connectivity index (χ0n) is 6.55. The van der Waals surface area contributed by atoms with Crippen molar-refractivity contribution in [1.82, 2.24) is 0 Å². The van der Waals surface area contributed by atoms with E-state index in [2.05, 4.69) is 20.1 Å². The lowest BCUT2D eigenvalue weighted by Crippen LogP contribution is -2.22. The monoisotopic (exact) mass is 147 g/mol. The Kier molecular flexibility index (Phi) is 1.79. The van der Waals surface area contributed by atoms with Crippen molar-refractivity contribution in [3.05, 3.63) is 0 Å². The van der Waals surface area contributed by atoms with Gasteiger partial charge < -0.3 is 0 Å². The van der Waals surface area contributed by atoms with Gasteiger partial charge in [-0.1, -0.05) is 13.8 Å². The third kappa shape index (κ3) is 1.41. The molecule has 1 saturated carbocycles. The third-order valence-electron chi connectivity index (χ3n) is 2.26. The highest BCUT2D eigenvalue weighted by Crippen LogP contribution is 2.56. The fourth-order valence-corrected chi connectivity index (χ4v) is 2.88. The van der Waals surface area contributed by atoms with Gasteiger partial charge in [0.1, 0.15) is 0 Å². The van der Waals surface area contributed by atoms with E-state index < -0.39 is 10.2 Å². The molecule has 0 aliphatic heterocycles. The summed E-state index contributed by atoms with van der Waals surface area (Å²) in [4.78, 5) is 0. The van der Waals surface area contributed by atoms with Crippen LogP contribution in [0, 0.1) is 0 Å². The second kappa shape index (κ2) is 2.17. The molecule has 1 aliphatic carbocycles. The number of nitrogens with two attached hydrogens (primary N) is 1. The van der Waals surface area contributed by atoms with Gasteiger partial charge in [0.15, 0.2) is 0 Å². The summed E-state index contributed by atoms with van der Waals surface area (Å²) in [6.07, 6.45) is 5.04. The van der Waals surface area contributed by atoms with Crippen LogP contribution in [0.4, 0.5) is 0 Å². The summed E-state index contributed by atoms with van der Waals surface area (Å²) in [5.41, 5.74) is 0. The lowest BCUT2D eigenvalue weighted by molar-refractivity contribution is 1.07. The van der Waals surface area contributed by atoms with Crippen LogP contribution in [0.2, 0.25) is 0 Å². The Balaban J connectivity index is 2.48. The Morgan fingerprint density at radius 2 is 1.89 bits per heavy atom. The van der Waals surface area contributed by atoms with Crippen LogP contribution >= 0.6 is 10.2 Å². The largest absolute Gasteiger partial charge is 0.294 e. The molecule has 1 unspecified atom stereocenters. The van der Waals surface area contributed by atoms with Crippen molar-refractivity contribution in [2.75, 3.05) is 6.26 Å². The zero-order valence-corrected chi connectivity index (χ0v) is 7.37. The van der Waals surface area contributed by atoms with Crippen molar-refractivity contribution in [3.8, 4) is 0 Å². The van der Waals surface area contributed by atoms with Gasteiger partial charge in [-0.15, -0.1) is 0 Å². The third-order valence-corrected chi connectivity index (χ3v) is 6.20. The molecule has 0 radical (unpaired) electrons. The summed E-state index contributed by atoms with van der Waals surface area (Å²) in [7, 11) is -0.704. The first kappa shape index (κ1) is 7.42. The van der Waals surface area contributed by atoms with E-state index in [1.807, 2.05) is 0 Å². The fourth-order valence-electron chi connectivity index (χ4n) is 0.961. The van der Waals surface area contributed by atoms with Crippen LogP contribution in [0.15, 0.2) is 0 Å². The Hall–Kier alpha value is 0.310. The van der Waals surface area contributed by atoms with E-state index in [0.717, 1.165) is 5.25 Å². The van der Waals surface area contributed by atoms with Gasteiger partial charge in [0, 0.05) is 5.25 Å². The van der Waals surface area contributed by atoms with Gasteiger partial charge in [0.2, 0.25) is 0 Å². The van der Waals surface area contributed by atoms with E-state index in [1.165, 1.54) is 12.8 Å². The van der Waals surface area contributed by atoms with Gasteiger partial charge in [0.05, 0.1) is 0 Å². The van der Waals surface area contributed by atoms with Crippen molar-refractivity contribution in [2.45, 2.75) is 37.2 Å². The molecular weight excluding hydrogens is 130 g/mol. The zero-order chi connectivity index (χ0) is 7.07. The Bertz CT molecular complexity index is 101. The molecule has 0 aromatic heterocycles. The van der Waals surface area contributed by atoms with E-state index in [1.54, 1.807) is 0 Å². The average molecular weight is 147 g/mol. The molecule has 1 rings (SSSR count). The standard InChI is InChI=1S/C7H17NS/c1-6(2)9(3,8)7-4-5-7/h6-7H,4-5,8H2,1-3H3. The maximum absolute atomic E-state index is 6.15. The van der Waals surface area contributed by atoms with Crippen molar-refractivity contribution in [2.24, 2.45) is 5.14 Å². The Labute approximate surface area is 59.5 Å². The molecule has 0 bridgehead atoms. The fraction of sp³-hybridized carbons (Fsp3) is 1.00. The molecule has 1 aliphatic rings. The van der Waals surface area contributed by atoms with Crippen LogP contribution in [0.25, 0.3) is 0 Å². The van der Waals surface area contributed by atoms with Crippen LogP contribution in [0.1, 0.15) is 26.7 Å². The smallest absolute Gasteiger partial charge is 0.000311 e. The van der Waals surface area contributed by atoms with E-state index in [0.29, 0.717) is 5.25 Å². The second-order valence-electron chi connectivity index (χ2n) is 3.36. The SMILES string of the molecule is CC(C)S(C)(N)C1CC1. The number of hydrogen-bond acceptors (Lipinski definition) is 1. The van der Waals surface area contributed by atoms with E-state index in [-0.39, 0.29) is 0 Å². The van der Waals surface area contributed by atoms with E-state index >= 15 is 0 Å². The summed E-state index contributed by atoms with van der Waals surface area (Å²) < 4.78 is 0. The van der Waals surface area contributed by atoms with Crippen molar-refractivity contribution < 1.29 is 0 Å². The molecule has 0 saturated heterocycles. The predicted octanol–water partition coefficient (Wildman–Crippen LogP) is 1.87. The molecule has 1 atom stereocenters. The summed E-state index contributed by atoms with van der Waals surface area (Å²) >= 11 is 0. The molecule has 0 spiro atoms. The van der Waals surface area contributed by atoms with Crippen molar-refractivity contribution in [3.63, 3.8) is 0 Å². The highest BCUT2D eigenvalue weighted by molar-refractivity contribution is 8.32.